The van der Waals surface area contributed by atoms with E-state index in [9.17, 15) is 10.2 Å². The molecule has 5 nitrogen and oxygen atoms in total. The summed E-state index contributed by atoms with van der Waals surface area (Å²) >= 11 is 1.47. The predicted molar refractivity (Wildman–Crippen MR) is 61.4 cm³/mol. The van der Waals surface area contributed by atoms with Crippen LogP contribution in [0.5, 0.6) is 0 Å². The van der Waals surface area contributed by atoms with Gasteiger partial charge in [0.05, 0.1) is 11.7 Å². The lowest BCUT2D eigenvalue weighted by atomic mass is 9.99. The van der Waals surface area contributed by atoms with Gasteiger partial charge in [0.1, 0.15) is 29.8 Å². The van der Waals surface area contributed by atoms with Crippen LogP contribution in [0.15, 0.2) is 4.99 Å². The van der Waals surface area contributed by atoms with E-state index in [2.05, 4.69) is 4.99 Å². The summed E-state index contributed by atoms with van der Waals surface area (Å²) in [7, 11) is 0. The van der Waals surface area contributed by atoms with Gasteiger partial charge >= 0.3 is 0 Å². The fourth-order valence-corrected chi connectivity index (χ4v) is 3.14. The van der Waals surface area contributed by atoms with E-state index in [1.54, 1.807) is 0 Å². The molecule has 1 saturated heterocycles. The quantitative estimate of drug-likeness (QED) is 0.618. The van der Waals surface area contributed by atoms with Gasteiger partial charge in [-0.15, -0.1) is 0 Å². The highest BCUT2D eigenvalue weighted by Crippen LogP contribution is 2.38. The number of thioether (sulfide) groups is 1. The van der Waals surface area contributed by atoms with Crippen molar-refractivity contribution in [3.63, 3.8) is 0 Å². The number of aliphatic imine (C=N–C) groups is 1. The van der Waals surface area contributed by atoms with Gasteiger partial charge in [0, 0.05) is 5.92 Å². The van der Waals surface area contributed by atoms with Crippen LogP contribution in [-0.4, -0.2) is 56.8 Å². The Balaban J connectivity index is 2.14. The lowest BCUT2D eigenvalue weighted by Crippen LogP contribution is -2.55. The Morgan fingerprint density at radius 3 is 2.62 bits per heavy atom. The molecule has 92 valence electrons. The molecule has 0 aromatic rings. The molecule has 2 aliphatic rings. The number of ether oxygens (including phenoxy) is 1. The van der Waals surface area contributed by atoms with Gasteiger partial charge in [-0.3, -0.25) is 4.99 Å². The summed E-state index contributed by atoms with van der Waals surface area (Å²) in [4.78, 5) is 4.37. The lowest BCUT2D eigenvalue weighted by Gasteiger charge is -2.37. The van der Waals surface area contributed by atoms with Gasteiger partial charge in [0.25, 0.3) is 0 Å². The smallest absolute Gasteiger partial charge is 0.134 e. The Hall–Kier alpha value is -0.140. The molecule has 2 aliphatic heterocycles. The Kier molecular flexibility index (Phi) is 3.56. The highest BCUT2D eigenvalue weighted by atomic mass is 32.2. The van der Waals surface area contributed by atoms with Crippen molar-refractivity contribution in [3.8, 4) is 0 Å². The highest BCUT2D eigenvalue weighted by Gasteiger charge is 2.47. The molecule has 3 unspecified atom stereocenters. The third-order valence-electron chi connectivity index (χ3n) is 2.86. The van der Waals surface area contributed by atoms with Crippen LogP contribution in [0, 0.1) is 5.92 Å². The van der Waals surface area contributed by atoms with Gasteiger partial charge in [-0.25, -0.2) is 0 Å². The maximum absolute atomic E-state index is 9.89. The minimum atomic E-state index is -1.07. The number of hydrogen-bond acceptors (Lipinski definition) is 6. The van der Waals surface area contributed by atoms with Gasteiger partial charge in [0.15, 0.2) is 0 Å². The topological polar surface area (TPSA) is 82.3 Å². The van der Waals surface area contributed by atoms with Gasteiger partial charge < -0.3 is 20.1 Å². The maximum atomic E-state index is 9.89. The number of aliphatic hydroxyl groups excluding tert-OH is 3. The number of rotatable bonds is 2. The van der Waals surface area contributed by atoms with Crippen molar-refractivity contribution >= 4 is 16.8 Å². The molecule has 0 radical (unpaired) electrons. The Labute approximate surface area is 98.5 Å². The fourth-order valence-electron chi connectivity index (χ4n) is 1.88. The largest absolute Gasteiger partial charge is 0.394 e. The zero-order valence-electron chi connectivity index (χ0n) is 9.28. The second-order valence-corrected chi connectivity index (χ2v) is 5.56. The summed E-state index contributed by atoms with van der Waals surface area (Å²) in [6, 6.07) is -0.416. The standard InChI is InChI=1S/C10H17NO4S/c1-4(2)9-11-6-8(14)7(13)5(3-12)15-10(6)16-9/h4-8,10,12-14H,3H2,1-2H3/t5?,6?,7-,8?,10-/m1/s1. The molecule has 0 spiro atoms. The van der Waals surface area contributed by atoms with Crippen LogP contribution in [0.2, 0.25) is 0 Å². The van der Waals surface area contributed by atoms with E-state index in [0.717, 1.165) is 5.04 Å². The Morgan fingerprint density at radius 2 is 2.06 bits per heavy atom. The fraction of sp³-hybridized carbons (Fsp3) is 0.900. The normalized spacial score (nSPS) is 43.4. The molecule has 0 saturated carbocycles. The van der Waals surface area contributed by atoms with Gasteiger partial charge in [-0.05, 0) is 0 Å². The summed E-state index contributed by atoms with van der Waals surface area (Å²) in [5.74, 6) is 0.288. The summed E-state index contributed by atoms with van der Waals surface area (Å²) in [6.45, 7) is 3.75. The van der Waals surface area contributed by atoms with E-state index in [1.165, 1.54) is 11.8 Å². The number of hydrogen-bond donors (Lipinski definition) is 3. The van der Waals surface area contributed by atoms with Gasteiger partial charge in [0.2, 0.25) is 0 Å². The second-order valence-electron chi connectivity index (χ2n) is 4.44. The van der Waals surface area contributed by atoms with E-state index >= 15 is 0 Å². The number of fused-ring (bicyclic) bond motifs is 1. The highest BCUT2D eigenvalue weighted by molar-refractivity contribution is 8.14. The molecule has 3 N–H and O–H groups in total. The molecule has 2 heterocycles. The molecule has 5 atom stereocenters. The molecule has 0 aliphatic carbocycles. The molecule has 0 aromatic heterocycles. The SMILES string of the molecule is CC(C)C1=NC2C(O)[C@H](O)C(CO)O[C@@H]2S1. The zero-order chi connectivity index (χ0) is 11.9. The first kappa shape index (κ1) is 12.3. The van der Waals surface area contributed by atoms with Crippen LogP contribution >= 0.6 is 11.8 Å². The maximum Gasteiger partial charge on any atom is 0.134 e. The Morgan fingerprint density at radius 1 is 1.38 bits per heavy atom. The predicted octanol–water partition coefficient (Wildman–Crippen LogP) is -0.405. The first-order chi connectivity index (χ1) is 7.54. The van der Waals surface area contributed by atoms with Crippen molar-refractivity contribution in [2.24, 2.45) is 10.9 Å². The van der Waals surface area contributed by atoms with Gasteiger partial charge in [-0.1, -0.05) is 25.6 Å². The van der Waals surface area contributed by atoms with E-state index in [4.69, 9.17) is 9.84 Å². The van der Waals surface area contributed by atoms with E-state index < -0.39 is 24.4 Å². The molecule has 16 heavy (non-hydrogen) atoms. The van der Waals surface area contributed by atoms with E-state index in [0.29, 0.717) is 0 Å². The summed E-state index contributed by atoms with van der Waals surface area (Å²) in [5.41, 5.74) is -0.284. The monoisotopic (exact) mass is 247 g/mol. The molecular formula is C10H17NO4S. The molecule has 2 rings (SSSR count). The van der Waals surface area contributed by atoms with Crippen LogP contribution in [0.3, 0.4) is 0 Å². The van der Waals surface area contributed by atoms with Crippen molar-refractivity contribution in [2.45, 2.75) is 43.6 Å². The lowest BCUT2D eigenvalue weighted by molar-refractivity contribution is -0.164. The van der Waals surface area contributed by atoms with Crippen LogP contribution in [-0.2, 0) is 4.74 Å². The van der Waals surface area contributed by atoms with Crippen LogP contribution in [0.4, 0.5) is 0 Å². The molecule has 0 bridgehead atoms. The third-order valence-corrected chi connectivity index (χ3v) is 4.30. The first-order valence-corrected chi connectivity index (χ1v) is 6.29. The van der Waals surface area contributed by atoms with Crippen molar-refractivity contribution in [2.75, 3.05) is 6.61 Å². The van der Waals surface area contributed by atoms with Crippen LogP contribution in [0.25, 0.3) is 0 Å². The van der Waals surface area contributed by atoms with Crippen LogP contribution < -0.4 is 0 Å². The molecule has 6 heteroatoms. The Bertz CT molecular complexity index is 297. The second kappa shape index (κ2) is 4.62. The first-order valence-electron chi connectivity index (χ1n) is 5.41. The van der Waals surface area contributed by atoms with E-state index in [1.807, 2.05) is 13.8 Å². The van der Waals surface area contributed by atoms with Crippen molar-refractivity contribution < 1.29 is 20.1 Å². The van der Waals surface area contributed by atoms with Crippen molar-refractivity contribution in [1.29, 1.82) is 0 Å². The number of nitrogens with zero attached hydrogens (tertiary/aromatic N) is 1. The van der Waals surface area contributed by atoms with Crippen LogP contribution in [0.1, 0.15) is 13.8 Å². The van der Waals surface area contributed by atoms with E-state index in [-0.39, 0.29) is 18.0 Å². The third kappa shape index (κ3) is 2.00. The molecular weight excluding hydrogens is 230 g/mol. The summed E-state index contributed by atoms with van der Waals surface area (Å²) in [5, 5.41) is 29.5. The summed E-state index contributed by atoms with van der Waals surface area (Å²) in [6.07, 6.45) is -2.74. The average Bonchev–Trinajstić information content (AvgIpc) is 2.67. The molecule has 0 aromatic carbocycles. The minimum absolute atomic E-state index is 0.284. The van der Waals surface area contributed by atoms with Crippen molar-refractivity contribution in [1.82, 2.24) is 0 Å². The molecule has 0 amide bonds. The zero-order valence-corrected chi connectivity index (χ0v) is 10.1. The minimum Gasteiger partial charge on any atom is -0.394 e. The average molecular weight is 247 g/mol. The molecule has 1 fully saturated rings. The van der Waals surface area contributed by atoms with Crippen molar-refractivity contribution in [3.05, 3.63) is 0 Å². The summed E-state index contributed by atoms with van der Waals surface area (Å²) < 4.78 is 5.51. The number of aliphatic hydroxyl groups is 3. The van der Waals surface area contributed by atoms with Gasteiger partial charge in [-0.2, -0.15) is 0 Å².